The van der Waals surface area contributed by atoms with Gasteiger partial charge >= 0.3 is 0 Å². The van der Waals surface area contributed by atoms with E-state index in [2.05, 4.69) is 5.16 Å². The van der Waals surface area contributed by atoms with Crippen molar-refractivity contribution in [3.63, 3.8) is 0 Å². The van der Waals surface area contributed by atoms with Gasteiger partial charge < -0.3 is 14.5 Å². The van der Waals surface area contributed by atoms with Gasteiger partial charge in [0.25, 0.3) is 5.91 Å². The molecular weight excluding hydrogens is 312 g/mol. The summed E-state index contributed by atoms with van der Waals surface area (Å²) in [6, 6.07) is 13.0. The maximum Gasteiger partial charge on any atom is 0.276 e. The van der Waals surface area contributed by atoms with Crippen LogP contribution in [0.15, 0.2) is 64.0 Å². The Bertz CT molecular complexity index is 727. The maximum atomic E-state index is 12.6. The van der Waals surface area contributed by atoms with Crippen LogP contribution in [-0.2, 0) is 6.54 Å². The fourth-order valence-corrected chi connectivity index (χ4v) is 2.99. The minimum atomic E-state index is -0.735. The molecule has 118 valence electrons. The van der Waals surface area contributed by atoms with Crippen LogP contribution in [0.25, 0.3) is 0 Å². The zero-order chi connectivity index (χ0) is 16.1. The van der Waals surface area contributed by atoms with Crippen molar-refractivity contribution in [3.8, 4) is 0 Å². The number of carbonyl (C=O) groups is 1. The molecule has 1 N–H and O–H groups in total. The predicted molar refractivity (Wildman–Crippen MR) is 87.0 cm³/mol. The second-order valence-electron chi connectivity index (χ2n) is 5.13. The van der Waals surface area contributed by atoms with Gasteiger partial charge in [-0.05, 0) is 28.0 Å². The SMILES string of the molecule is O=C(c1ccon1)N(Cc1ccccc1)CC(O)c1ccsc1. The summed E-state index contributed by atoms with van der Waals surface area (Å²) in [5.41, 5.74) is 2.03. The Hall–Kier alpha value is -2.44. The van der Waals surface area contributed by atoms with Gasteiger partial charge in [0.1, 0.15) is 6.26 Å². The first kappa shape index (κ1) is 15.5. The highest BCUT2D eigenvalue weighted by Crippen LogP contribution is 2.19. The number of hydrogen-bond acceptors (Lipinski definition) is 5. The van der Waals surface area contributed by atoms with Crippen LogP contribution >= 0.6 is 11.3 Å². The minimum absolute atomic E-state index is 0.192. The van der Waals surface area contributed by atoms with Crippen LogP contribution < -0.4 is 0 Å². The van der Waals surface area contributed by atoms with Gasteiger partial charge in [0.2, 0.25) is 0 Å². The molecular formula is C17H16N2O3S. The average Bonchev–Trinajstić information content (AvgIpc) is 3.27. The highest BCUT2D eigenvalue weighted by Gasteiger charge is 2.22. The first-order chi connectivity index (χ1) is 11.2. The van der Waals surface area contributed by atoms with E-state index in [1.165, 1.54) is 23.7 Å². The van der Waals surface area contributed by atoms with Crippen molar-refractivity contribution in [3.05, 3.63) is 76.3 Å². The Labute approximate surface area is 137 Å². The lowest BCUT2D eigenvalue weighted by Gasteiger charge is -2.24. The Morgan fingerprint density at radius 2 is 2.09 bits per heavy atom. The molecule has 1 unspecified atom stereocenters. The smallest absolute Gasteiger partial charge is 0.276 e. The summed E-state index contributed by atoms with van der Waals surface area (Å²) in [6.07, 6.45) is 0.629. The van der Waals surface area contributed by atoms with Crippen LogP contribution in [0.2, 0.25) is 0 Å². The van der Waals surface area contributed by atoms with Crippen LogP contribution in [0.5, 0.6) is 0 Å². The number of hydrogen-bond donors (Lipinski definition) is 1. The first-order valence-corrected chi connectivity index (χ1v) is 8.12. The van der Waals surface area contributed by atoms with Crippen LogP contribution in [-0.4, -0.2) is 27.6 Å². The normalized spacial score (nSPS) is 12.0. The standard InChI is InChI=1S/C17H16N2O3S/c20-16(14-7-9-23-12-14)11-19(10-13-4-2-1-3-5-13)17(21)15-6-8-22-18-15/h1-9,12,16,20H,10-11H2. The van der Waals surface area contributed by atoms with E-state index >= 15 is 0 Å². The van der Waals surface area contributed by atoms with Gasteiger partial charge in [-0.3, -0.25) is 4.79 Å². The monoisotopic (exact) mass is 328 g/mol. The van der Waals surface area contributed by atoms with Crippen molar-refractivity contribution in [1.82, 2.24) is 10.1 Å². The van der Waals surface area contributed by atoms with Crippen molar-refractivity contribution >= 4 is 17.2 Å². The summed E-state index contributed by atoms with van der Waals surface area (Å²) < 4.78 is 4.75. The van der Waals surface area contributed by atoms with Crippen LogP contribution in [0.4, 0.5) is 0 Å². The van der Waals surface area contributed by atoms with Gasteiger partial charge in [-0.2, -0.15) is 11.3 Å². The first-order valence-electron chi connectivity index (χ1n) is 7.18. The number of benzene rings is 1. The van der Waals surface area contributed by atoms with E-state index in [1.54, 1.807) is 4.90 Å². The Morgan fingerprint density at radius 1 is 1.26 bits per heavy atom. The lowest BCUT2D eigenvalue weighted by molar-refractivity contribution is 0.0595. The third-order valence-corrected chi connectivity index (χ3v) is 4.18. The number of aliphatic hydroxyl groups excluding tert-OH is 1. The molecule has 1 aromatic carbocycles. The molecule has 0 aliphatic carbocycles. The third-order valence-electron chi connectivity index (χ3n) is 3.48. The molecule has 3 aromatic rings. The van der Waals surface area contributed by atoms with Crippen molar-refractivity contribution < 1.29 is 14.4 Å². The fraction of sp³-hybridized carbons (Fsp3) is 0.176. The zero-order valence-corrected chi connectivity index (χ0v) is 13.1. The topological polar surface area (TPSA) is 66.6 Å². The lowest BCUT2D eigenvalue weighted by atomic mass is 10.1. The number of nitrogens with zero attached hydrogens (tertiary/aromatic N) is 2. The van der Waals surface area contributed by atoms with Crippen molar-refractivity contribution in [2.75, 3.05) is 6.54 Å². The third kappa shape index (κ3) is 3.85. The summed E-state index contributed by atoms with van der Waals surface area (Å²) in [5.74, 6) is -0.267. The van der Waals surface area contributed by atoms with Gasteiger partial charge in [0, 0.05) is 12.6 Å². The summed E-state index contributed by atoms with van der Waals surface area (Å²) in [4.78, 5) is 14.2. The van der Waals surface area contributed by atoms with E-state index in [-0.39, 0.29) is 18.1 Å². The molecule has 0 fully saturated rings. The number of aliphatic hydroxyl groups is 1. The van der Waals surface area contributed by atoms with Crippen LogP contribution in [0, 0.1) is 0 Å². The van der Waals surface area contributed by atoms with Gasteiger partial charge in [0.15, 0.2) is 5.69 Å². The van der Waals surface area contributed by atoms with Crippen molar-refractivity contribution in [1.29, 1.82) is 0 Å². The van der Waals surface area contributed by atoms with E-state index in [1.807, 2.05) is 47.2 Å². The molecule has 2 heterocycles. The Kier molecular flexibility index (Phi) is 4.85. The number of amides is 1. The van der Waals surface area contributed by atoms with E-state index in [0.717, 1.165) is 11.1 Å². The molecule has 0 bridgehead atoms. The van der Waals surface area contributed by atoms with E-state index in [4.69, 9.17) is 4.52 Å². The molecule has 0 saturated carbocycles. The van der Waals surface area contributed by atoms with Crippen molar-refractivity contribution in [2.45, 2.75) is 12.6 Å². The number of thiophene rings is 1. The molecule has 23 heavy (non-hydrogen) atoms. The molecule has 1 atom stereocenters. The average molecular weight is 328 g/mol. The highest BCUT2D eigenvalue weighted by molar-refractivity contribution is 7.07. The number of rotatable bonds is 6. The molecule has 6 heteroatoms. The molecule has 5 nitrogen and oxygen atoms in total. The van der Waals surface area contributed by atoms with E-state index in [0.29, 0.717) is 6.54 Å². The maximum absolute atomic E-state index is 12.6. The largest absolute Gasteiger partial charge is 0.387 e. The molecule has 0 aliphatic rings. The van der Waals surface area contributed by atoms with E-state index < -0.39 is 6.10 Å². The summed E-state index contributed by atoms with van der Waals surface area (Å²) >= 11 is 1.51. The number of aromatic nitrogens is 1. The fourth-order valence-electron chi connectivity index (χ4n) is 2.29. The van der Waals surface area contributed by atoms with Gasteiger partial charge in [0.05, 0.1) is 12.6 Å². The second kappa shape index (κ2) is 7.21. The summed E-state index contributed by atoms with van der Waals surface area (Å²) in [5, 5.41) is 17.9. The molecule has 2 aromatic heterocycles. The van der Waals surface area contributed by atoms with Crippen LogP contribution in [0.1, 0.15) is 27.7 Å². The molecule has 0 spiro atoms. The van der Waals surface area contributed by atoms with E-state index in [9.17, 15) is 9.90 Å². The molecule has 3 rings (SSSR count). The Balaban J connectivity index is 1.79. The van der Waals surface area contributed by atoms with Crippen molar-refractivity contribution in [2.24, 2.45) is 0 Å². The lowest BCUT2D eigenvalue weighted by Crippen LogP contribution is -2.34. The molecule has 1 amide bonds. The van der Waals surface area contributed by atoms with Gasteiger partial charge in [-0.1, -0.05) is 35.5 Å². The minimum Gasteiger partial charge on any atom is -0.387 e. The van der Waals surface area contributed by atoms with Gasteiger partial charge in [-0.25, -0.2) is 0 Å². The number of carbonyl (C=O) groups excluding carboxylic acids is 1. The van der Waals surface area contributed by atoms with Gasteiger partial charge in [-0.15, -0.1) is 0 Å². The van der Waals surface area contributed by atoms with Crippen LogP contribution in [0.3, 0.4) is 0 Å². The predicted octanol–water partition coefficient (Wildman–Crippen LogP) is 3.11. The highest BCUT2D eigenvalue weighted by atomic mass is 32.1. The molecule has 0 radical (unpaired) electrons. The zero-order valence-electron chi connectivity index (χ0n) is 12.3. The molecule has 0 aliphatic heterocycles. The summed E-state index contributed by atoms with van der Waals surface area (Å²) in [6.45, 7) is 0.588. The molecule has 0 saturated heterocycles. The second-order valence-corrected chi connectivity index (χ2v) is 5.91. The quantitative estimate of drug-likeness (QED) is 0.755. The summed E-state index contributed by atoms with van der Waals surface area (Å²) in [7, 11) is 0. The Morgan fingerprint density at radius 3 is 2.74 bits per heavy atom.